The topological polar surface area (TPSA) is 206 Å². The standard InChI is InChI=1S/C20H21ClN2O3.C20H25ClN2O2.C20H21F3N2O2.C18H22ClN3O.C18H16ClNO3/c1-13-11-14(7-8-16(13)21)12-23-19(24)15-5-4-6-17(18(15)20(23)25)26-10-9-22(2)3;1-14-7-6-8-18(25-12-11-22(3)4)19(14)20(24)23(5)16-9-10-17(21)15(2)13-16;1-13-7-8-15(11-16(13)20(21,22)23)25-12-14-5-4-6-17(18(14)19(25)26)27-10-9-24(2)3;1-13-12-14(8-9-16(13)19)21-18(23)15-6-4-5-7-17(15)20-10-11-22(2)3;1-3-23-15-6-4-5-13-16(15)18(22)20(17(13)21)10-12-7-8-14(19)11(2)9-12/h4-8,11H,9-10,12H2,1-3H3;6-10,13H,11-12H2,1-5H3;4-8,11H,9-10,12H2,1-3H3;4-9,12,20H,10-11H2,1-3H3,(H,21,23);4-9H,3,10H2,1-2H3. The van der Waals surface area contributed by atoms with Crippen molar-refractivity contribution < 1.29 is 65.7 Å². The molecule has 0 atom stereocenters. The molecule has 2 N–H and O–H groups in total. The van der Waals surface area contributed by atoms with Crippen molar-refractivity contribution in [2.75, 3.05) is 143 Å². The fourth-order valence-electron chi connectivity index (χ4n) is 13.3. The first-order valence-corrected chi connectivity index (χ1v) is 41.6. The lowest BCUT2D eigenvalue weighted by Crippen LogP contribution is -2.29. The Morgan fingerprint density at radius 3 is 1.40 bits per heavy atom. The molecular formula is C96H105Cl4F3N10O11. The molecule has 0 unspecified atom stereocenters. The smallest absolute Gasteiger partial charge is 0.416 e. The first kappa shape index (κ1) is 96.5. The number of carbonyl (C=O) groups is 7. The first-order chi connectivity index (χ1) is 58.9. The third kappa shape index (κ3) is 25.2. The van der Waals surface area contributed by atoms with E-state index in [0.717, 1.165) is 93.8 Å². The molecule has 0 fully saturated rings. The van der Waals surface area contributed by atoms with Crippen LogP contribution in [-0.4, -0.2) is 193 Å². The van der Waals surface area contributed by atoms with Crippen molar-refractivity contribution in [3.8, 4) is 23.0 Å². The van der Waals surface area contributed by atoms with Gasteiger partial charge in [-0.2, -0.15) is 13.2 Å². The van der Waals surface area contributed by atoms with Gasteiger partial charge in [0.1, 0.15) is 42.8 Å². The molecule has 124 heavy (non-hydrogen) atoms. The molecule has 3 aliphatic rings. The highest BCUT2D eigenvalue weighted by molar-refractivity contribution is 6.32. The highest BCUT2D eigenvalue weighted by Gasteiger charge is 2.41. The van der Waals surface area contributed by atoms with E-state index in [9.17, 15) is 46.7 Å². The van der Waals surface area contributed by atoms with Gasteiger partial charge in [0, 0.05) is 82.6 Å². The molecule has 28 heteroatoms. The summed E-state index contributed by atoms with van der Waals surface area (Å²) in [6.45, 7) is 19.1. The van der Waals surface area contributed by atoms with Crippen LogP contribution in [0.15, 0.2) is 188 Å². The second kappa shape index (κ2) is 44.3. The Kier molecular flexibility index (Phi) is 34.5. The van der Waals surface area contributed by atoms with E-state index in [1.54, 1.807) is 96.9 Å². The minimum absolute atomic E-state index is 0.0975. The van der Waals surface area contributed by atoms with Gasteiger partial charge >= 0.3 is 6.18 Å². The third-order valence-electron chi connectivity index (χ3n) is 20.2. The van der Waals surface area contributed by atoms with Gasteiger partial charge in [0.25, 0.3) is 41.4 Å². The number of fused-ring (bicyclic) bond motifs is 3. The summed E-state index contributed by atoms with van der Waals surface area (Å²) in [5.41, 5.74) is 12.2. The van der Waals surface area contributed by atoms with Crippen LogP contribution >= 0.6 is 46.4 Å². The number of halogens is 7. The number of anilines is 4. The van der Waals surface area contributed by atoms with Gasteiger partial charge in [-0.1, -0.05) is 125 Å². The summed E-state index contributed by atoms with van der Waals surface area (Å²) in [5.74, 6) is 0.182. The molecule has 13 rings (SSSR count). The van der Waals surface area contributed by atoms with Crippen molar-refractivity contribution in [2.24, 2.45) is 0 Å². The van der Waals surface area contributed by atoms with Gasteiger partial charge in [0.15, 0.2) is 0 Å². The summed E-state index contributed by atoms with van der Waals surface area (Å²) in [7, 11) is 17.5. The van der Waals surface area contributed by atoms with Crippen molar-refractivity contribution in [3.63, 3.8) is 0 Å². The normalized spacial score (nSPS) is 12.5. The highest BCUT2D eigenvalue weighted by Crippen LogP contribution is 2.40. The van der Waals surface area contributed by atoms with Crippen molar-refractivity contribution in [2.45, 2.75) is 74.3 Å². The van der Waals surface area contributed by atoms with Crippen LogP contribution in [0.3, 0.4) is 0 Å². The number of alkyl halides is 3. The molecule has 21 nitrogen and oxygen atoms in total. The van der Waals surface area contributed by atoms with Crippen LogP contribution in [0.5, 0.6) is 23.0 Å². The second-order valence-corrected chi connectivity index (χ2v) is 32.6. The molecule has 3 heterocycles. The van der Waals surface area contributed by atoms with Gasteiger partial charge in [0.2, 0.25) is 0 Å². The van der Waals surface area contributed by atoms with Crippen LogP contribution in [0.1, 0.15) is 135 Å². The predicted molar refractivity (Wildman–Crippen MR) is 488 cm³/mol. The van der Waals surface area contributed by atoms with Gasteiger partial charge in [-0.05, 0) is 264 Å². The number of ether oxygens (including phenoxy) is 4. The van der Waals surface area contributed by atoms with Crippen LogP contribution in [0, 0.1) is 41.5 Å². The van der Waals surface area contributed by atoms with Gasteiger partial charge < -0.3 is 59.0 Å². The van der Waals surface area contributed by atoms with Crippen LogP contribution in [0.2, 0.25) is 20.1 Å². The Labute approximate surface area is 744 Å². The maximum absolute atomic E-state index is 13.2. The summed E-state index contributed by atoms with van der Waals surface area (Å²) >= 11 is 24.2. The lowest BCUT2D eigenvalue weighted by atomic mass is 10.1. The van der Waals surface area contributed by atoms with E-state index in [1.807, 2.05) is 204 Å². The number of amides is 7. The summed E-state index contributed by atoms with van der Waals surface area (Å²) < 4.78 is 62.5. The van der Waals surface area contributed by atoms with E-state index in [4.69, 9.17) is 65.4 Å². The quantitative estimate of drug-likeness (QED) is 0.0459. The molecule has 0 bridgehead atoms. The Morgan fingerprint density at radius 1 is 0.444 bits per heavy atom. The molecule has 654 valence electrons. The Bertz CT molecular complexity index is 5530. The molecule has 7 amide bonds. The third-order valence-corrected chi connectivity index (χ3v) is 21.9. The van der Waals surface area contributed by atoms with Gasteiger partial charge in [-0.3, -0.25) is 43.4 Å². The summed E-state index contributed by atoms with van der Waals surface area (Å²) in [6.07, 6.45) is -4.46. The zero-order valence-corrected chi connectivity index (χ0v) is 75.6. The maximum Gasteiger partial charge on any atom is 0.416 e. The van der Waals surface area contributed by atoms with Crippen LogP contribution in [0.4, 0.5) is 35.9 Å². The summed E-state index contributed by atoms with van der Waals surface area (Å²) in [6, 6.07) is 54.7. The van der Waals surface area contributed by atoms with Crippen LogP contribution in [-0.2, 0) is 25.8 Å². The van der Waals surface area contributed by atoms with Gasteiger partial charge in [0.05, 0.1) is 70.7 Å². The highest BCUT2D eigenvalue weighted by atomic mass is 35.5. The number of hydrogen-bond donors (Lipinski definition) is 2. The number of nitrogens with zero attached hydrogens (tertiary/aromatic N) is 8. The lowest BCUT2D eigenvalue weighted by molar-refractivity contribution is -0.138. The minimum atomic E-state index is -4.46. The fourth-order valence-corrected chi connectivity index (χ4v) is 13.8. The first-order valence-electron chi connectivity index (χ1n) is 40.1. The number of benzene rings is 10. The van der Waals surface area contributed by atoms with Crippen molar-refractivity contribution in [1.82, 2.24) is 29.4 Å². The molecule has 0 aromatic heterocycles. The summed E-state index contributed by atoms with van der Waals surface area (Å²) in [5, 5.41) is 8.92. The van der Waals surface area contributed by atoms with Gasteiger partial charge in [-0.25, -0.2) is 0 Å². The number of carbonyl (C=O) groups excluding carboxylic acids is 7. The lowest BCUT2D eigenvalue weighted by Gasteiger charge is -2.21. The van der Waals surface area contributed by atoms with Crippen LogP contribution < -0.4 is 39.4 Å². The predicted octanol–water partition coefficient (Wildman–Crippen LogP) is 19.4. The molecular weight excluding hydrogens is 1670 g/mol. The number of likely N-dealkylation sites (N-methyl/N-ethyl adjacent to an activating group) is 4. The van der Waals surface area contributed by atoms with Gasteiger partial charge in [-0.15, -0.1) is 0 Å². The Hall–Kier alpha value is -11.3. The second-order valence-electron chi connectivity index (χ2n) is 30.9. The molecule has 10 aromatic rings. The van der Waals surface area contributed by atoms with E-state index < -0.39 is 11.7 Å². The number of hydrogen-bond acceptors (Lipinski definition) is 16. The molecule has 3 aliphatic heterocycles. The van der Waals surface area contributed by atoms with Crippen molar-refractivity contribution in [3.05, 3.63) is 303 Å². The molecule has 10 aromatic carbocycles. The Balaban J connectivity index is 0.000000176. The van der Waals surface area contributed by atoms with E-state index >= 15 is 0 Å². The minimum Gasteiger partial charge on any atom is -0.493 e. The molecule has 0 aliphatic carbocycles. The Morgan fingerprint density at radius 2 is 0.903 bits per heavy atom. The van der Waals surface area contributed by atoms with E-state index in [1.165, 1.54) is 27.7 Å². The number of rotatable bonds is 27. The average molecular weight is 1770 g/mol. The summed E-state index contributed by atoms with van der Waals surface area (Å²) in [4.78, 5) is 103. The zero-order chi connectivity index (χ0) is 90.6. The fraction of sp³-hybridized carbons (Fsp3) is 0.302. The molecule has 0 saturated heterocycles. The number of imide groups is 2. The van der Waals surface area contributed by atoms with E-state index in [-0.39, 0.29) is 72.2 Å². The monoisotopic (exact) mass is 1770 g/mol. The van der Waals surface area contributed by atoms with Crippen LogP contribution in [0.25, 0.3) is 0 Å². The molecule has 0 radical (unpaired) electrons. The van der Waals surface area contributed by atoms with E-state index in [2.05, 4.69) is 15.5 Å². The number of nitrogens with one attached hydrogen (secondary N) is 2. The number of para-hydroxylation sites is 1. The average Bonchev–Trinajstić information content (AvgIpc) is 1.62. The van der Waals surface area contributed by atoms with Crippen molar-refractivity contribution in [1.29, 1.82) is 0 Å². The molecule has 0 saturated carbocycles. The zero-order valence-electron chi connectivity index (χ0n) is 72.6. The SMILES string of the molecule is CCOc1cccc2c1C(=O)N(Cc1ccc(Cl)c(C)c1)C2=O.Cc1cc(CN2C(=O)c3cccc(OCCN(C)C)c3C2=O)ccc1Cl.Cc1cc(N(C)C(=O)c2c(C)cccc2OCCN(C)C)ccc1Cl.Cc1cc(NC(=O)c2ccccc2NCCN(C)C)ccc1Cl.Cc1ccc(N2Cc3cccc(OCCN(C)C)c3C2=O)cc1C(F)(F)F. The van der Waals surface area contributed by atoms with Crippen molar-refractivity contribution >= 4 is 111 Å². The largest absolute Gasteiger partial charge is 0.493 e. The molecule has 0 spiro atoms. The maximum atomic E-state index is 13.2. The number of aryl methyl sites for hydroxylation is 6. The van der Waals surface area contributed by atoms with E-state index in [0.29, 0.717) is 115 Å².